The molecule has 3 rings (SSSR count). The lowest BCUT2D eigenvalue weighted by atomic mass is 10.0. The number of piperidine rings is 1. The Morgan fingerprint density at radius 1 is 1.09 bits per heavy atom. The summed E-state index contributed by atoms with van der Waals surface area (Å²) in [6, 6.07) is 16.4. The summed E-state index contributed by atoms with van der Waals surface area (Å²) in [5.74, 6) is 0.677. The van der Waals surface area contributed by atoms with E-state index in [1.54, 1.807) is 6.07 Å². The van der Waals surface area contributed by atoms with Crippen LogP contribution in [-0.2, 0) is 19.6 Å². The quantitative estimate of drug-likeness (QED) is 0.292. The summed E-state index contributed by atoms with van der Waals surface area (Å²) >= 11 is 0. The van der Waals surface area contributed by atoms with Crippen LogP contribution in [0, 0.1) is 5.82 Å². The molecule has 0 aliphatic carbocycles. The molecule has 176 valence electrons. The van der Waals surface area contributed by atoms with Gasteiger partial charge in [0.25, 0.3) is 0 Å². The number of guanidine groups is 1. The Morgan fingerprint density at radius 2 is 1.81 bits per heavy atom. The second-order valence-corrected chi connectivity index (χ2v) is 8.54. The standard InChI is InChI=1S/C25H36FN5.HI/c1-4-27-25(28-17-21-10-11-24(26)22(16-21)19-30(2)3)29-23-12-14-31(15-13-23)18-20-8-6-5-7-9-20;/h5-11,16,23H,4,12-15,17-19H2,1-3H3,(H2,27,28,29);1H. The van der Waals surface area contributed by atoms with Crippen molar-refractivity contribution in [2.24, 2.45) is 4.99 Å². The molecule has 0 saturated carbocycles. The average molecular weight is 554 g/mol. The van der Waals surface area contributed by atoms with Gasteiger partial charge in [0, 0.05) is 44.3 Å². The molecule has 1 fully saturated rings. The van der Waals surface area contributed by atoms with Gasteiger partial charge in [0.05, 0.1) is 6.54 Å². The summed E-state index contributed by atoms with van der Waals surface area (Å²) in [6.07, 6.45) is 2.20. The van der Waals surface area contributed by atoms with E-state index in [0.29, 0.717) is 24.7 Å². The zero-order valence-corrected chi connectivity index (χ0v) is 21.8. The van der Waals surface area contributed by atoms with Crippen molar-refractivity contribution in [3.8, 4) is 0 Å². The van der Waals surface area contributed by atoms with Crippen molar-refractivity contribution < 1.29 is 4.39 Å². The molecule has 0 spiro atoms. The third-order valence-electron chi connectivity index (χ3n) is 5.54. The van der Waals surface area contributed by atoms with Crippen molar-refractivity contribution in [2.45, 2.75) is 45.4 Å². The maximum Gasteiger partial charge on any atom is 0.191 e. The van der Waals surface area contributed by atoms with Gasteiger partial charge in [0.15, 0.2) is 5.96 Å². The molecular weight excluding hydrogens is 516 g/mol. The van der Waals surface area contributed by atoms with Crippen molar-refractivity contribution >= 4 is 29.9 Å². The zero-order chi connectivity index (χ0) is 22.1. The van der Waals surface area contributed by atoms with E-state index in [1.165, 1.54) is 5.56 Å². The maximum absolute atomic E-state index is 14.0. The first-order chi connectivity index (χ1) is 15.0. The Balaban J connectivity index is 0.00000363. The monoisotopic (exact) mass is 553 g/mol. The molecule has 1 aliphatic heterocycles. The number of likely N-dealkylation sites (tertiary alicyclic amines) is 1. The Hall–Kier alpha value is -1.71. The van der Waals surface area contributed by atoms with E-state index >= 15 is 0 Å². The second-order valence-electron chi connectivity index (χ2n) is 8.54. The van der Waals surface area contributed by atoms with Crippen LogP contribution in [0.1, 0.15) is 36.5 Å². The van der Waals surface area contributed by atoms with Crippen LogP contribution >= 0.6 is 24.0 Å². The van der Waals surface area contributed by atoms with Gasteiger partial charge >= 0.3 is 0 Å². The molecule has 5 nitrogen and oxygen atoms in total. The molecule has 2 aromatic rings. The largest absolute Gasteiger partial charge is 0.357 e. The molecule has 7 heteroatoms. The van der Waals surface area contributed by atoms with E-state index in [0.717, 1.165) is 50.5 Å². The molecule has 0 radical (unpaired) electrons. The predicted octanol–water partition coefficient (Wildman–Crippen LogP) is 4.23. The first kappa shape index (κ1) is 26.5. The number of nitrogens with one attached hydrogen (secondary N) is 2. The molecule has 1 aliphatic rings. The van der Waals surface area contributed by atoms with Gasteiger partial charge in [-0.25, -0.2) is 9.38 Å². The van der Waals surface area contributed by atoms with E-state index in [1.807, 2.05) is 31.1 Å². The third kappa shape index (κ3) is 8.67. The van der Waals surface area contributed by atoms with Gasteiger partial charge in [-0.3, -0.25) is 4.90 Å². The predicted molar refractivity (Wildman–Crippen MR) is 142 cm³/mol. The number of halogens is 2. The minimum absolute atomic E-state index is 0. The number of nitrogens with zero attached hydrogens (tertiary/aromatic N) is 3. The Kier molecular flexibility index (Phi) is 11.4. The highest BCUT2D eigenvalue weighted by atomic mass is 127. The first-order valence-electron chi connectivity index (χ1n) is 11.3. The van der Waals surface area contributed by atoms with Crippen molar-refractivity contribution in [3.05, 3.63) is 71.0 Å². The lowest BCUT2D eigenvalue weighted by Crippen LogP contribution is -2.48. The van der Waals surface area contributed by atoms with Gasteiger partial charge < -0.3 is 15.5 Å². The van der Waals surface area contributed by atoms with E-state index in [9.17, 15) is 4.39 Å². The fourth-order valence-electron chi connectivity index (χ4n) is 3.95. The van der Waals surface area contributed by atoms with Gasteiger partial charge in [-0.2, -0.15) is 0 Å². The van der Waals surface area contributed by atoms with Crippen LogP contribution < -0.4 is 10.6 Å². The summed E-state index contributed by atoms with van der Waals surface area (Å²) < 4.78 is 14.0. The molecular formula is C25H37FIN5. The summed E-state index contributed by atoms with van der Waals surface area (Å²) in [6.45, 7) is 7.18. The molecule has 0 amide bonds. The second kappa shape index (κ2) is 13.7. The zero-order valence-electron chi connectivity index (χ0n) is 19.5. The smallest absolute Gasteiger partial charge is 0.191 e. The number of aliphatic imine (C=N–C) groups is 1. The molecule has 0 unspecified atom stereocenters. The lowest BCUT2D eigenvalue weighted by Gasteiger charge is -2.33. The van der Waals surface area contributed by atoms with E-state index in [2.05, 4.69) is 52.8 Å². The third-order valence-corrected chi connectivity index (χ3v) is 5.54. The van der Waals surface area contributed by atoms with E-state index in [-0.39, 0.29) is 29.8 Å². The molecule has 1 heterocycles. The molecule has 2 N–H and O–H groups in total. The molecule has 32 heavy (non-hydrogen) atoms. The average Bonchev–Trinajstić information content (AvgIpc) is 2.76. The topological polar surface area (TPSA) is 42.9 Å². The normalized spacial score (nSPS) is 15.5. The highest BCUT2D eigenvalue weighted by molar-refractivity contribution is 14.0. The van der Waals surface area contributed by atoms with Crippen LogP contribution in [0.4, 0.5) is 4.39 Å². The number of hydrogen-bond donors (Lipinski definition) is 2. The fourth-order valence-corrected chi connectivity index (χ4v) is 3.95. The van der Waals surface area contributed by atoms with Crippen LogP contribution in [0.3, 0.4) is 0 Å². The van der Waals surface area contributed by atoms with Crippen LogP contribution in [0.25, 0.3) is 0 Å². The number of rotatable bonds is 8. The molecule has 0 bridgehead atoms. The van der Waals surface area contributed by atoms with Crippen molar-refractivity contribution in [2.75, 3.05) is 33.7 Å². The molecule has 1 saturated heterocycles. The Morgan fingerprint density at radius 3 is 2.47 bits per heavy atom. The van der Waals surface area contributed by atoms with Gasteiger partial charge in [0.1, 0.15) is 5.82 Å². The maximum atomic E-state index is 14.0. The molecule has 2 aromatic carbocycles. The van der Waals surface area contributed by atoms with E-state index < -0.39 is 0 Å². The minimum Gasteiger partial charge on any atom is -0.357 e. The molecule has 0 atom stereocenters. The molecule has 0 aromatic heterocycles. The summed E-state index contributed by atoms with van der Waals surface area (Å²) in [4.78, 5) is 9.25. The summed E-state index contributed by atoms with van der Waals surface area (Å²) in [5, 5.41) is 6.95. The van der Waals surface area contributed by atoms with E-state index in [4.69, 9.17) is 4.99 Å². The van der Waals surface area contributed by atoms with Crippen LogP contribution in [0.15, 0.2) is 53.5 Å². The van der Waals surface area contributed by atoms with Gasteiger partial charge in [0.2, 0.25) is 0 Å². The highest BCUT2D eigenvalue weighted by Crippen LogP contribution is 2.15. The Bertz CT molecular complexity index is 835. The fraction of sp³-hybridized carbons (Fsp3) is 0.480. The summed E-state index contributed by atoms with van der Waals surface area (Å²) in [5.41, 5.74) is 3.10. The first-order valence-corrected chi connectivity index (χ1v) is 11.3. The van der Waals surface area contributed by atoms with Gasteiger partial charge in [-0.1, -0.05) is 36.4 Å². The van der Waals surface area contributed by atoms with Crippen molar-refractivity contribution in [3.63, 3.8) is 0 Å². The number of hydrogen-bond acceptors (Lipinski definition) is 3. The van der Waals surface area contributed by atoms with Gasteiger partial charge in [-0.15, -0.1) is 24.0 Å². The van der Waals surface area contributed by atoms with Crippen LogP contribution in [0.5, 0.6) is 0 Å². The van der Waals surface area contributed by atoms with Crippen molar-refractivity contribution in [1.82, 2.24) is 20.4 Å². The summed E-state index contributed by atoms with van der Waals surface area (Å²) in [7, 11) is 3.89. The van der Waals surface area contributed by atoms with Crippen LogP contribution in [-0.4, -0.2) is 55.5 Å². The van der Waals surface area contributed by atoms with Gasteiger partial charge in [-0.05, 0) is 57.1 Å². The van der Waals surface area contributed by atoms with Crippen molar-refractivity contribution in [1.29, 1.82) is 0 Å². The highest BCUT2D eigenvalue weighted by Gasteiger charge is 2.20. The number of benzene rings is 2. The minimum atomic E-state index is -0.159. The van der Waals surface area contributed by atoms with Crippen LogP contribution in [0.2, 0.25) is 0 Å². The SMILES string of the molecule is CCNC(=NCc1ccc(F)c(CN(C)C)c1)NC1CCN(Cc2ccccc2)CC1.I. The lowest BCUT2D eigenvalue weighted by molar-refractivity contribution is 0.198. The Labute approximate surface area is 209 Å².